The standard InChI is InChI=1S/C17H10F2N2O2/c18-13-5-1-11(2-6-13)15-9-16(20-10-17(15)21(22)23)12-3-7-14(19)8-4-12/h1-10H. The molecule has 0 spiro atoms. The molecule has 114 valence electrons. The molecule has 0 fully saturated rings. The van der Waals surface area contributed by atoms with Gasteiger partial charge in [0, 0.05) is 5.56 Å². The summed E-state index contributed by atoms with van der Waals surface area (Å²) in [6, 6.07) is 12.6. The topological polar surface area (TPSA) is 56.0 Å². The van der Waals surface area contributed by atoms with Gasteiger partial charge in [-0.1, -0.05) is 12.1 Å². The molecule has 0 saturated heterocycles. The van der Waals surface area contributed by atoms with Crippen molar-refractivity contribution in [3.05, 3.63) is 82.5 Å². The minimum absolute atomic E-state index is 0.178. The summed E-state index contributed by atoms with van der Waals surface area (Å²) in [6.45, 7) is 0. The fraction of sp³-hybridized carbons (Fsp3) is 0. The molecule has 3 rings (SSSR count). The Labute approximate surface area is 130 Å². The van der Waals surface area contributed by atoms with Crippen molar-refractivity contribution in [1.29, 1.82) is 0 Å². The molecule has 0 unspecified atom stereocenters. The van der Waals surface area contributed by atoms with Crippen molar-refractivity contribution in [1.82, 2.24) is 4.98 Å². The van der Waals surface area contributed by atoms with Gasteiger partial charge in [0.1, 0.15) is 17.8 Å². The highest BCUT2D eigenvalue weighted by Crippen LogP contribution is 2.32. The third kappa shape index (κ3) is 3.06. The maximum atomic E-state index is 13.1. The van der Waals surface area contributed by atoms with Crippen LogP contribution in [0.1, 0.15) is 0 Å². The van der Waals surface area contributed by atoms with Crippen molar-refractivity contribution in [2.24, 2.45) is 0 Å². The maximum Gasteiger partial charge on any atom is 0.295 e. The Morgan fingerprint density at radius 1 is 0.870 bits per heavy atom. The summed E-state index contributed by atoms with van der Waals surface area (Å²) < 4.78 is 26.1. The molecule has 0 aliphatic heterocycles. The molecular weight excluding hydrogens is 302 g/mol. The van der Waals surface area contributed by atoms with E-state index in [4.69, 9.17) is 0 Å². The van der Waals surface area contributed by atoms with Gasteiger partial charge in [0.15, 0.2) is 0 Å². The van der Waals surface area contributed by atoms with E-state index < -0.39 is 10.7 Å². The Bertz CT molecular complexity index is 863. The zero-order valence-corrected chi connectivity index (χ0v) is 11.7. The van der Waals surface area contributed by atoms with E-state index in [-0.39, 0.29) is 11.5 Å². The van der Waals surface area contributed by atoms with Crippen LogP contribution in [0.15, 0.2) is 60.8 Å². The average molecular weight is 312 g/mol. The first-order valence-electron chi connectivity index (χ1n) is 6.71. The van der Waals surface area contributed by atoms with E-state index in [2.05, 4.69) is 4.98 Å². The molecule has 0 aliphatic carbocycles. The van der Waals surface area contributed by atoms with Crippen LogP contribution in [-0.2, 0) is 0 Å². The van der Waals surface area contributed by atoms with Gasteiger partial charge in [0.25, 0.3) is 5.69 Å². The SMILES string of the molecule is O=[N+]([O-])c1cnc(-c2ccc(F)cc2)cc1-c1ccc(F)cc1. The first kappa shape index (κ1) is 14.8. The van der Waals surface area contributed by atoms with Gasteiger partial charge in [-0.05, 0) is 48.0 Å². The molecule has 0 amide bonds. The summed E-state index contributed by atoms with van der Waals surface area (Å²) in [5, 5.41) is 11.2. The molecule has 3 aromatic rings. The van der Waals surface area contributed by atoms with Crippen LogP contribution in [0.3, 0.4) is 0 Å². The molecule has 0 aliphatic rings. The van der Waals surface area contributed by atoms with Crippen molar-refractivity contribution in [3.63, 3.8) is 0 Å². The summed E-state index contributed by atoms with van der Waals surface area (Å²) in [6.07, 6.45) is 1.15. The highest BCUT2D eigenvalue weighted by atomic mass is 19.1. The highest BCUT2D eigenvalue weighted by Gasteiger charge is 2.17. The fourth-order valence-corrected chi connectivity index (χ4v) is 2.23. The normalized spacial score (nSPS) is 10.5. The van der Waals surface area contributed by atoms with Crippen molar-refractivity contribution in [2.75, 3.05) is 0 Å². The second-order valence-electron chi connectivity index (χ2n) is 4.86. The zero-order chi connectivity index (χ0) is 16.4. The van der Waals surface area contributed by atoms with Crippen LogP contribution >= 0.6 is 0 Å². The molecule has 0 saturated carbocycles. The molecule has 2 aromatic carbocycles. The molecule has 1 aromatic heterocycles. The van der Waals surface area contributed by atoms with E-state index in [0.717, 1.165) is 6.20 Å². The number of pyridine rings is 1. The maximum absolute atomic E-state index is 13.1. The second kappa shape index (κ2) is 5.92. The molecule has 23 heavy (non-hydrogen) atoms. The number of rotatable bonds is 3. The predicted octanol–water partition coefficient (Wildman–Crippen LogP) is 4.60. The summed E-state index contributed by atoms with van der Waals surface area (Å²) in [5.74, 6) is -0.807. The molecule has 6 heteroatoms. The number of aromatic nitrogens is 1. The predicted molar refractivity (Wildman–Crippen MR) is 81.7 cm³/mol. The fourth-order valence-electron chi connectivity index (χ4n) is 2.23. The van der Waals surface area contributed by atoms with Crippen LogP contribution in [0.2, 0.25) is 0 Å². The van der Waals surface area contributed by atoms with Crippen molar-refractivity contribution < 1.29 is 13.7 Å². The van der Waals surface area contributed by atoms with Gasteiger partial charge in [-0.3, -0.25) is 10.1 Å². The Morgan fingerprint density at radius 3 is 1.91 bits per heavy atom. The van der Waals surface area contributed by atoms with Gasteiger partial charge in [-0.15, -0.1) is 0 Å². The second-order valence-corrected chi connectivity index (χ2v) is 4.86. The van der Waals surface area contributed by atoms with Crippen LogP contribution < -0.4 is 0 Å². The summed E-state index contributed by atoms with van der Waals surface area (Å²) in [5.41, 5.74) is 1.75. The van der Waals surface area contributed by atoms with Gasteiger partial charge in [-0.25, -0.2) is 13.8 Å². The minimum atomic E-state index is -0.542. The van der Waals surface area contributed by atoms with Crippen LogP contribution in [0.5, 0.6) is 0 Å². The lowest BCUT2D eigenvalue weighted by Gasteiger charge is -2.06. The van der Waals surface area contributed by atoms with Gasteiger partial charge in [0.2, 0.25) is 0 Å². The van der Waals surface area contributed by atoms with E-state index >= 15 is 0 Å². The zero-order valence-electron chi connectivity index (χ0n) is 11.7. The number of nitro groups is 1. The van der Waals surface area contributed by atoms with Gasteiger partial charge >= 0.3 is 0 Å². The number of nitrogens with zero attached hydrogens (tertiary/aromatic N) is 2. The van der Waals surface area contributed by atoms with Crippen molar-refractivity contribution in [3.8, 4) is 22.4 Å². The minimum Gasteiger partial charge on any atom is -0.258 e. The van der Waals surface area contributed by atoms with Gasteiger partial charge < -0.3 is 0 Å². The first-order chi connectivity index (χ1) is 11.0. The van der Waals surface area contributed by atoms with Crippen molar-refractivity contribution in [2.45, 2.75) is 0 Å². The Balaban J connectivity index is 2.15. The third-order valence-corrected chi connectivity index (χ3v) is 3.37. The molecule has 0 atom stereocenters. The van der Waals surface area contributed by atoms with Crippen LogP contribution in [-0.4, -0.2) is 9.91 Å². The summed E-state index contributed by atoms with van der Waals surface area (Å²) >= 11 is 0. The molecule has 0 N–H and O–H groups in total. The number of benzene rings is 2. The van der Waals surface area contributed by atoms with E-state index in [9.17, 15) is 18.9 Å². The highest BCUT2D eigenvalue weighted by molar-refractivity contribution is 5.77. The number of hydrogen-bond donors (Lipinski definition) is 0. The lowest BCUT2D eigenvalue weighted by Crippen LogP contribution is -1.95. The summed E-state index contributed by atoms with van der Waals surface area (Å²) in [4.78, 5) is 14.7. The lowest BCUT2D eigenvalue weighted by molar-refractivity contribution is -0.384. The molecular formula is C17H10F2N2O2. The average Bonchev–Trinajstić information content (AvgIpc) is 2.55. The van der Waals surface area contributed by atoms with Crippen LogP contribution in [0.4, 0.5) is 14.5 Å². The Kier molecular flexibility index (Phi) is 3.80. The van der Waals surface area contributed by atoms with E-state index in [0.29, 0.717) is 22.4 Å². The lowest BCUT2D eigenvalue weighted by atomic mass is 10.0. The molecule has 0 radical (unpaired) electrons. The monoisotopic (exact) mass is 312 g/mol. The van der Waals surface area contributed by atoms with Crippen LogP contribution in [0, 0.1) is 21.7 Å². The van der Waals surface area contributed by atoms with Crippen LogP contribution in [0.25, 0.3) is 22.4 Å². The number of halogens is 2. The Hall–Kier alpha value is -3.15. The molecule has 4 nitrogen and oxygen atoms in total. The van der Waals surface area contributed by atoms with E-state index in [1.54, 1.807) is 6.07 Å². The largest absolute Gasteiger partial charge is 0.295 e. The molecule has 1 heterocycles. The smallest absolute Gasteiger partial charge is 0.258 e. The molecule has 0 bridgehead atoms. The quantitative estimate of drug-likeness (QED) is 0.524. The van der Waals surface area contributed by atoms with Gasteiger partial charge in [0.05, 0.1) is 16.2 Å². The Morgan fingerprint density at radius 2 is 1.39 bits per heavy atom. The summed E-state index contributed by atoms with van der Waals surface area (Å²) in [7, 11) is 0. The van der Waals surface area contributed by atoms with E-state index in [1.807, 2.05) is 0 Å². The van der Waals surface area contributed by atoms with Crippen molar-refractivity contribution >= 4 is 5.69 Å². The number of hydrogen-bond acceptors (Lipinski definition) is 3. The third-order valence-electron chi connectivity index (χ3n) is 3.37. The first-order valence-corrected chi connectivity index (χ1v) is 6.71. The van der Waals surface area contributed by atoms with Gasteiger partial charge in [-0.2, -0.15) is 0 Å². The van der Waals surface area contributed by atoms with E-state index in [1.165, 1.54) is 48.5 Å².